The summed E-state index contributed by atoms with van der Waals surface area (Å²) < 4.78 is 53.3. The van der Waals surface area contributed by atoms with Gasteiger partial charge in [-0.3, -0.25) is 4.98 Å². The largest absolute Gasteiger partial charge is 0.493 e. The third-order valence-corrected chi connectivity index (χ3v) is 10.3. The minimum atomic E-state index is -4.74. The maximum atomic E-state index is 13.8. The molecule has 0 atom stereocenters. The van der Waals surface area contributed by atoms with Crippen LogP contribution < -0.4 is 4.74 Å². The molecule has 2 bridgehead atoms. The number of hydrogen-bond donors (Lipinski definition) is 1. The number of nitrogens with zero attached hydrogens (tertiary/aromatic N) is 3. The van der Waals surface area contributed by atoms with E-state index >= 15 is 0 Å². The Bertz CT molecular complexity index is 1810. The maximum absolute atomic E-state index is 13.8. The molecule has 0 aliphatic heterocycles. The lowest BCUT2D eigenvalue weighted by atomic mass is 9.54. The van der Waals surface area contributed by atoms with Crippen LogP contribution >= 0.6 is 23.2 Å². The van der Waals surface area contributed by atoms with Gasteiger partial charge in [-0.25, -0.2) is 9.78 Å². The number of allylic oxidation sites excluding steroid dienone is 1. The standard InChI is InChI=1S/C33H28Cl2F3N3O4/c34-23-15-39-16-24(35)27(23)28-20(29(45-41-28)18-1-2-18)5-6-31-7-10-32(11-8-31,12-9-31)17-44-19-3-4-25-21(13-19)22(33(36,37)38)14-26(40-25)30(42)43/h3-6,13-16,18H,1-2,7-12,17H2,(H,42,43). The van der Waals surface area contributed by atoms with Crippen molar-refractivity contribution in [3.63, 3.8) is 0 Å². The highest BCUT2D eigenvalue weighted by molar-refractivity contribution is 6.39. The molecule has 4 aliphatic carbocycles. The minimum absolute atomic E-state index is 0.0149. The molecule has 0 spiro atoms. The molecule has 4 aromatic rings. The van der Waals surface area contributed by atoms with Crippen LogP contribution in [0.3, 0.4) is 0 Å². The van der Waals surface area contributed by atoms with Crippen molar-refractivity contribution in [3.8, 4) is 17.0 Å². The number of ether oxygens (including phenoxy) is 1. The molecule has 0 unspecified atom stereocenters. The minimum Gasteiger partial charge on any atom is -0.493 e. The molecule has 0 saturated heterocycles. The fourth-order valence-electron chi connectivity index (χ4n) is 6.82. The molecule has 0 radical (unpaired) electrons. The fourth-order valence-corrected chi connectivity index (χ4v) is 7.37. The van der Waals surface area contributed by atoms with Gasteiger partial charge in [0.25, 0.3) is 0 Å². The number of halogens is 5. The summed E-state index contributed by atoms with van der Waals surface area (Å²) in [5, 5.41) is 14.2. The summed E-state index contributed by atoms with van der Waals surface area (Å²) in [6, 6.07) is 4.80. The van der Waals surface area contributed by atoms with E-state index in [-0.39, 0.29) is 21.7 Å². The van der Waals surface area contributed by atoms with Crippen LogP contribution in [0.2, 0.25) is 10.0 Å². The first-order valence-electron chi connectivity index (χ1n) is 14.8. The first-order valence-corrected chi connectivity index (χ1v) is 15.6. The van der Waals surface area contributed by atoms with Gasteiger partial charge in [-0.2, -0.15) is 13.2 Å². The van der Waals surface area contributed by atoms with Crippen LogP contribution in [0.1, 0.15) is 84.7 Å². The lowest BCUT2D eigenvalue weighted by Crippen LogP contribution is -2.43. The molecule has 12 heteroatoms. The highest BCUT2D eigenvalue weighted by atomic mass is 35.5. The summed E-state index contributed by atoms with van der Waals surface area (Å²) in [7, 11) is 0. The van der Waals surface area contributed by atoms with Gasteiger partial charge < -0.3 is 14.4 Å². The molecule has 234 valence electrons. The Morgan fingerprint density at radius 3 is 2.38 bits per heavy atom. The van der Waals surface area contributed by atoms with Crippen molar-refractivity contribution in [2.45, 2.75) is 63.5 Å². The topological polar surface area (TPSA) is 98.3 Å². The van der Waals surface area contributed by atoms with Gasteiger partial charge in [0.05, 0.1) is 27.7 Å². The zero-order valence-corrected chi connectivity index (χ0v) is 25.5. The number of rotatable bonds is 8. The number of carboxylic acids is 1. The van der Waals surface area contributed by atoms with E-state index in [1.54, 1.807) is 18.5 Å². The molecular formula is C33H28Cl2F3N3O4. The van der Waals surface area contributed by atoms with E-state index in [0.717, 1.165) is 62.7 Å². The van der Waals surface area contributed by atoms with E-state index in [1.807, 2.05) is 0 Å². The van der Waals surface area contributed by atoms with Crippen LogP contribution in [-0.4, -0.2) is 32.8 Å². The zero-order chi connectivity index (χ0) is 31.6. The maximum Gasteiger partial charge on any atom is 0.417 e. The van der Waals surface area contributed by atoms with Crippen LogP contribution in [0.4, 0.5) is 13.2 Å². The molecule has 1 N–H and O–H groups in total. The van der Waals surface area contributed by atoms with E-state index in [0.29, 0.717) is 45.6 Å². The van der Waals surface area contributed by atoms with Crippen LogP contribution in [0.25, 0.3) is 28.2 Å². The average molecular weight is 659 g/mol. The summed E-state index contributed by atoms with van der Waals surface area (Å²) >= 11 is 12.9. The second kappa shape index (κ2) is 11.0. The molecule has 3 aromatic heterocycles. The monoisotopic (exact) mass is 657 g/mol. The summed E-state index contributed by atoms with van der Waals surface area (Å²) in [6.07, 6.45) is 10.5. The second-order valence-electron chi connectivity index (χ2n) is 12.6. The lowest BCUT2D eigenvalue weighted by Gasteiger charge is -2.52. The number of fused-ring (bicyclic) bond motifs is 4. The highest BCUT2D eigenvalue weighted by Crippen LogP contribution is 2.58. The summed E-state index contributed by atoms with van der Waals surface area (Å²) in [5.41, 5.74) is 0.339. The molecular weight excluding hydrogens is 630 g/mol. The van der Waals surface area contributed by atoms with E-state index in [2.05, 4.69) is 27.3 Å². The van der Waals surface area contributed by atoms with Gasteiger partial charge in [0.2, 0.25) is 0 Å². The number of carboxylic acid groups (broad SMARTS) is 1. The number of carbonyl (C=O) groups is 1. The van der Waals surface area contributed by atoms with Gasteiger partial charge >= 0.3 is 12.1 Å². The first kappa shape index (κ1) is 30.0. The summed E-state index contributed by atoms with van der Waals surface area (Å²) in [4.78, 5) is 19.3. The number of aromatic carboxylic acids is 1. The lowest BCUT2D eigenvalue weighted by molar-refractivity contribution is -0.136. The van der Waals surface area contributed by atoms with Gasteiger partial charge in [0, 0.05) is 40.2 Å². The van der Waals surface area contributed by atoms with Crippen LogP contribution in [0.15, 0.2) is 47.3 Å². The summed E-state index contributed by atoms with van der Waals surface area (Å²) in [6.45, 7) is 0.390. The SMILES string of the molecule is O=C(O)c1cc(C(F)(F)F)c2cc(OCC34CCC(C=Cc5c(-c6c(Cl)cncc6Cl)noc5C5CC5)(CC3)CC4)ccc2n1. The molecule has 4 aliphatic rings. The third-order valence-electron chi connectivity index (χ3n) is 9.71. The highest BCUT2D eigenvalue weighted by Gasteiger charge is 2.48. The number of benzene rings is 1. The first-order chi connectivity index (χ1) is 21.5. The molecule has 7 nitrogen and oxygen atoms in total. The van der Waals surface area contributed by atoms with Crippen LogP contribution in [0, 0.1) is 10.8 Å². The van der Waals surface area contributed by atoms with Gasteiger partial charge in [-0.15, -0.1) is 0 Å². The fraction of sp³-hybridized carbons (Fsp3) is 0.394. The Kier molecular flexibility index (Phi) is 7.35. The van der Waals surface area contributed by atoms with Crippen molar-refractivity contribution >= 4 is 46.2 Å². The number of aromatic nitrogens is 3. The number of alkyl halides is 3. The number of pyridine rings is 2. The Balaban J connectivity index is 1.08. The molecule has 0 amide bonds. The van der Waals surface area contributed by atoms with Crippen molar-refractivity contribution in [2.75, 3.05) is 6.61 Å². The molecule has 45 heavy (non-hydrogen) atoms. The zero-order valence-electron chi connectivity index (χ0n) is 24.0. The van der Waals surface area contributed by atoms with E-state index in [9.17, 15) is 23.1 Å². The van der Waals surface area contributed by atoms with Crippen molar-refractivity contribution < 1.29 is 32.3 Å². The normalized spacial score (nSPS) is 23.2. The van der Waals surface area contributed by atoms with Gasteiger partial charge in [0.1, 0.15) is 22.9 Å². The van der Waals surface area contributed by atoms with Crippen LogP contribution in [-0.2, 0) is 6.18 Å². The predicted octanol–water partition coefficient (Wildman–Crippen LogP) is 9.62. The second-order valence-corrected chi connectivity index (χ2v) is 13.4. The Hall–Kier alpha value is -3.63. The third kappa shape index (κ3) is 5.67. The number of hydrogen-bond acceptors (Lipinski definition) is 6. The quantitative estimate of drug-likeness (QED) is 0.201. The van der Waals surface area contributed by atoms with Crippen molar-refractivity contribution in [1.82, 2.24) is 15.1 Å². The van der Waals surface area contributed by atoms with Crippen LogP contribution in [0.5, 0.6) is 5.75 Å². The Morgan fingerprint density at radius 1 is 1.07 bits per heavy atom. The molecule has 8 rings (SSSR count). The molecule has 4 fully saturated rings. The average Bonchev–Trinajstić information content (AvgIpc) is 3.78. The van der Waals surface area contributed by atoms with Crippen molar-refractivity contribution in [2.24, 2.45) is 10.8 Å². The Morgan fingerprint density at radius 2 is 1.76 bits per heavy atom. The van der Waals surface area contributed by atoms with Crippen molar-refractivity contribution in [3.05, 3.63) is 75.4 Å². The summed E-state index contributed by atoms with van der Waals surface area (Å²) in [5.74, 6) is -0.0253. The van der Waals surface area contributed by atoms with Gasteiger partial charge in [-0.05, 0) is 81.0 Å². The van der Waals surface area contributed by atoms with Crippen molar-refractivity contribution in [1.29, 1.82) is 0 Å². The molecule has 3 heterocycles. The van der Waals surface area contributed by atoms with Gasteiger partial charge in [0.15, 0.2) is 0 Å². The van der Waals surface area contributed by atoms with Gasteiger partial charge in [-0.1, -0.05) is 40.5 Å². The predicted molar refractivity (Wildman–Crippen MR) is 163 cm³/mol. The smallest absolute Gasteiger partial charge is 0.417 e. The molecule has 4 saturated carbocycles. The van der Waals surface area contributed by atoms with E-state index < -0.39 is 23.4 Å². The molecule has 1 aromatic carbocycles. The van der Waals surface area contributed by atoms with E-state index in [4.69, 9.17) is 32.5 Å². The Labute approximate surface area is 266 Å². The van der Waals surface area contributed by atoms with E-state index in [1.165, 1.54) is 12.1 Å².